The maximum atomic E-state index is 5.30. The second-order valence-corrected chi connectivity index (χ2v) is 7.28. The summed E-state index contributed by atoms with van der Waals surface area (Å²) in [7, 11) is 0. The predicted octanol–water partition coefficient (Wildman–Crippen LogP) is 4.57. The van der Waals surface area contributed by atoms with Gasteiger partial charge in [-0.05, 0) is 42.8 Å². The molecule has 0 amide bonds. The van der Waals surface area contributed by atoms with Crippen molar-refractivity contribution in [1.82, 2.24) is 10.3 Å². The van der Waals surface area contributed by atoms with Gasteiger partial charge in [0, 0.05) is 29.4 Å². The fourth-order valence-electron chi connectivity index (χ4n) is 2.91. The maximum absolute atomic E-state index is 5.30. The Morgan fingerprint density at radius 3 is 2.69 bits per heavy atom. The van der Waals surface area contributed by atoms with Crippen LogP contribution in [0.5, 0.6) is 0 Å². The van der Waals surface area contributed by atoms with Crippen LogP contribution >= 0.6 is 12.2 Å². The van der Waals surface area contributed by atoms with Crippen LogP contribution in [0.1, 0.15) is 27.2 Å². The SMILES string of the molecule is CCCNC(=S)N=c1cccc2c(c1)[nH]c1c(NCC(C)C)cccc12. The van der Waals surface area contributed by atoms with E-state index in [1.807, 2.05) is 12.1 Å². The first-order chi connectivity index (χ1) is 12.6. The molecule has 3 N–H and O–H groups in total. The number of benzene rings is 1. The smallest absolute Gasteiger partial charge is 0.193 e. The molecule has 1 heterocycles. The number of anilines is 1. The molecule has 1 aromatic heterocycles. The normalized spacial score (nSPS) is 12.1. The minimum absolute atomic E-state index is 0.529. The van der Waals surface area contributed by atoms with Crippen LogP contribution in [0.4, 0.5) is 5.69 Å². The zero-order valence-corrected chi connectivity index (χ0v) is 16.4. The number of para-hydroxylation sites is 1. The van der Waals surface area contributed by atoms with Crippen LogP contribution in [0, 0.1) is 5.92 Å². The Bertz CT molecular complexity index is 988. The lowest BCUT2D eigenvalue weighted by Crippen LogP contribution is -2.22. The van der Waals surface area contributed by atoms with Gasteiger partial charge in [-0.3, -0.25) is 0 Å². The highest BCUT2D eigenvalue weighted by molar-refractivity contribution is 7.80. The molecule has 0 aliphatic carbocycles. The largest absolute Gasteiger partial charge is 0.383 e. The molecule has 5 heteroatoms. The second-order valence-electron chi connectivity index (χ2n) is 6.89. The van der Waals surface area contributed by atoms with E-state index in [2.05, 4.69) is 71.7 Å². The van der Waals surface area contributed by atoms with E-state index in [0.29, 0.717) is 11.0 Å². The van der Waals surface area contributed by atoms with Crippen LogP contribution in [0.15, 0.2) is 47.5 Å². The highest BCUT2D eigenvalue weighted by Gasteiger charge is 2.07. The molecule has 3 rings (SSSR count). The molecule has 0 radical (unpaired) electrons. The lowest BCUT2D eigenvalue weighted by atomic mass is 10.1. The Kier molecular flexibility index (Phi) is 5.89. The Balaban J connectivity index is 2.07. The van der Waals surface area contributed by atoms with Crippen molar-refractivity contribution in [2.24, 2.45) is 10.9 Å². The molecule has 2 aromatic carbocycles. The van der Waals surface area contributed by atoms with Crippen molar-refractivity contribution in [2.45, 2.75) is 27.2 Å². The number of aromatic nitrogens is 1. The Labute approximate surface area is 159 Å². The fourth-order valence-corrected chi connectivity index (χ4v) is 3.12. The van der Waals surface area contributed by atoms with E-state index in [-0.39, 0.29) is 0 Å². The van der Waals surface area contributed by atoms with Gasteiger partial charge >= 0.3 is 0 Å². The number of H-pyrrole nitrogens is 1. The summed E-state index contributed by atoms with van der Waals surface area (Å²) in [6, 6.07) is 14.6. The number of hydrogen-bond acceptors (Lipinski definition) is 2. The summed E-state index contributed by atoms with van der Waals surface area (Å²) in [5, 5.41) is 10.5. The van der Waals surface area contributed by atoms with Crippen LogP contribution < -0.4 is 16.0 Å². The topological polar surface area (TPSA) is 52.2 Å². The van der Waals surface area contributed by atoms with Gasteiger partial charge in [-0.2, -0.15) is 0 Å². The third-order valence-electron chi connectivity index (χ3n) is 4.18. The van der Waals surface area contributed by atoms with E-state index >= 15 is 0 Å². The molecular weight excluding hydrogens is 340 g/mol. The molecule has 0 unspecified atom stereocenters. The molecule has 0 spiro atoms. The second kappa shape index (κ2) is 8.32. The van der Waals surface area contributed by atoms with Crippen LogP contribution in [0.25, 0.3) is 21.8 Å². The van der Waals surface area contributed by atoms with Crippen molar-refractivity contribution in [1.29, 1.82) is 0 Å². The molecule has 0 atom stereocenters. The summed E-state index contributed by atoms with van der Waals surface area (Å²) >= 11 is 5.30. The number of thiocarbonyl (C=S) groups is 1. The number of hydrogen-bond donors (Lipinski definition) is 3. The molecule has 0 aliphatic heterocycles. The average Bonchev–Trinajstić information content (AvgIpc) is 2.83. The van der Waals surface area contributed by atoms with Crippen molar-refractivity contribution >= 4 is 44.8 Å². The molecule has 0 aliphatic rings. The number of nitrogens with zero attached hydrogens (tertiary/aromatic N) is 1. The van der Waals surface area contributed by atoms with Crippen LogP contribution in [-0.4, -0.2) is 23.2 Å². The van der Waals surface area contributed by atoms with E-state index in [1.165, 1.54) is 10.8 Å². The van der Waals surface area contributed by atoms with Gasteiger partial charge in [0.2, 0.25) is 0 Å². The first-order valence-electron chi connectivity index (χ1n) is 9.19. The summed E-state index contributed by atoms with van der Waals surface area (Å²) < 4.78 is 0. The Morgan fingerprint density at radius 1 is 1.15 bits per heavy atom. The van der Waals surface area contributed by atoms with Gasteiger partial charge in [0.1, 0.15) is 0 Å². The molecule has 0 bridgehead atoms. The van der Waals surface area contributed by atoms with Crippen LogP contribution in [-0.2, 0) is 0 Å². The first-order valence-corrected chi connectivity index (χ1v) is 9.60. The van der Waals surface area contributed by atoms with Gasteiger partial charge < -0.3 is 15.6 Å². The van der Waals surface area contributed by atoms with E-state index in [4.69, 9.17) is 12.2 Å². The maximum Gasteiger partial charge on any atom is 0.193 e. The molecule has 4 nitrogen and oxygen atoms in total. The Morgan fingerprint density at radius 2 is 1.92 bits per heavy atom. The van der Waals surface area contributed by atoms with Gasteiger partial charge in [0.25, 0.3) is 0 Å². The minimum Gasteiger partial charge on any atom is -0.383 e. The molecule has 0 fully saturated rings. The summed E-state index contributed by atoms with van der Waals surface area (Å²) in [6.45, 7) is 8.31. The minimum atomic E-state index is 0.529. The Hall–Kier alpha value is -2.40. The van der Waals surface area contributed by atoms with Gasteiger partial charge in [-0.25, -0.2) is 4.99 Å². The lowest BCUT2D eigenvalue weighted by Gasteiger charge is -2.09. The summed E-state index contributed by atoms with van der Waals surface area (Å²) in [5.74, 6) is 0.592. The van der Waals surface area contributed by atoms with E-state index in [9.17, 15) is 0 Å². The highest BCUT2D eigenvalue weighted by Crippen LogP contribution is 2.29. The zero-order chi connectivity index (χ0) is 18.5. The lowest BCUT2D eigenvalue weighted by molar-refractivity contribution is 0.689. The third kappa shape index (κ3) is 4.22. The highest BCUT2D eigenvalue weighted by atomic mass is 32.1. The standard InChI is InChI=1S/C21H26N4S/c1-4-11-22-21(26)24-15-7-5-8-16-17-9-6-10-18(23-13-14(2)3)20(17)25-19(16)12-15/h5-10,12,14,23,25H,4,11,13H2,1-3H3,(H,22,26). The zero-order valence-electron chi connectivity index (χ0n) is 15.6. The van der Waals surface area contributed by atoms with Crippen molar-refractivity contribution in [2.75, 3.05) is 18.4 Å². The van der Waals surface area contributed by atoms with Gasteiger partial charge in [0.05, 0.1) is 16.6 Å². The van der Waals surface area contributed by atoms with E-state index in [1.54, 1.807) is 0 Å². The van der Waals surface area contributed by atoms with Crippen molar-refractivity contribution in [3.8, 4) is 0 Å². The summed E-state index contributed by atoms with van der Waals surface area (Å²) in [5.41, 5.74) is 3.32. The third-order valence-corrected chi connectivity index (χ3v) is 4.42. The van der Waals surface area contributed by atoms with Crippen LogP contribution in [0.3, 0.4) is 0 Å². The molecule has 3 aromatic rings. The van der Waals surface area contributed by atoms with E-state index in [0.717, 1.165) is 41.6 Å². The number of rotatable bonds is 5. The number of aromatic amines is 1. The fraction of sp³-hybridized carbons (Fsp3) is 0.333. The molecule has 26 heavy (non-hydrogen) atoms. The number of fused-ring (bicyclic) bond motifs is 3. The van der Waals surface area contributed by atoms with Gasteiger partial charge in [-0.15, -0.1) is 0 Å². The summed E-state index contributed by atoms with van der Waals surface area (Å²) in [4.78, 5) is 8.08. The van der Waals surface area contributed by atoms with Crippen molar-refractivity contribution in [3.63, 3.8) is 0 Å². The molecule has 0 saturated heterocycles. The van der Waals surface area contributed by atoms with Crippen LogP contribution in [0.2, 0.25) is 0 Å². The van der Waals surface area contributed by atoms with Crippen molar-refractivity contribution in [3.05, 3.63) is 47.8 Å². The van der Waals surface area contributed by atoms with Crippen molar-refractivity contribution < 1.29 is 0 Å². The quantitative estimate of drug-likeness (QED) is 0.580. The van der Waals surface area contributed by atoms with Gasteiger partial charge in [-0.1, -0.05) is 45.0 Å². The predicted molar refractivity (Wildman–Crippen MR) is 116 cm³/mol. The van der Waals surface area contributed by atoms with E-state index < -0.39 is 0 Å². The first kappa shape index (κ1) is 18.4. The summed E-state index contributed by atoms with van der Waals surface area (Å²) in [6.07, 6.45) is 1.02. The molecular formula is C21H26N4S. The molecule has 136 valence electrons. The monoisotopic (exact) mass is 366 g/mol. The number of nitrogens with one attached hydrogen (secondary N) is 3. The van der Waals surface area contributed by atoms with Gasteiger partial charge in [0.15, 0.2) is 5.11 Å². The molecule has 0 saturated carbocycles. The average molecular weight is 367 g/mol.